The minimum absolute atomic E-state index is 0.426. The second-order valence-electron chi connectivity index (χ2n) is 8.46. The number of hydrogen-bond acceptors (Lipinski definition) is 2. The van der Waals surface area contributed by atoms with Crippen molar-refractivity contribution in [3.8, 4) is 0 Å². The maximum absolute atomic E-state index is 4.64. The van der Waals surface area contributed by atoms with E-state index in [1.165, 1.54) is 22.3 Å². The minimum atomic E-state index is 0.426. The van der Waals surface area contributed by atoms with Crippen LogP contribution in [0, 0.1) is 0 Å². The molecule has 2 nitrogen and oxygen atoms in total. The zero-order valence-electron chi connectivity index (χ0n) is 17.7. The molecule has 0 amide bonds. The molecule has 2 rings (SSSR count). The van der Waals surface area contributed by atoms with E-state index in [0.717, 1.165) is 11.4 Å². The van der Waals surface area contributed by atoms with E-state index in [4.69, 9.17) is 0 Å². The lowest BCUT2D eigenvalue weighted by molar-refractivity contribution is 0.827. The summed E-state index contributed by atoms with van der Waals surface area (Å²) in [6.45, 7) is 17.8. The fourth-order valence-corrected chi connectivity index (χ4v) is 3.08. The predicted octanol–water partition coefficient (Wildman–Crippen LogP) is 8.60. The second-order valence-corrected chi connectivity index (χ2v) is 8.46. The van der Waals surface area contributed by atoms with Gasteiger partial charge in [-0.15, -0.1) is 0 Å². The van der Waals surface area contributed by atoms with Gasteiger partial charge in [0.25, 0.3) is 0 Å². The maximum atomic E-state index is 4.64. The summed E-state index contributed by atoms with van der Waals surface area (Å²) in [7, 11) is 0. The number of nitrogens with zero attached hydrogens (tertiary/aromatic N) is 2. The van der Waals surface area contributed by atoms with Gasteiger partial charge >= 0.3 is 0 Å². The fraction of sp³-hybridized carbons (Fsp3) is 0.500. The summed E-state index contributed by atoms with van der Waals surface area (Å²) in [6.07, 6.45) is 0. The molecule has 0 atom stereocenters. The third-order valence-electron chi connectivity index (χ3n) is 4.95. The molecule has 0 aliphatic heterocycles. The van der Waals surface area contributed by atoms with Gasteiger partial charge in [-0.25, -0.2) is 0 Å². The molecule has 0 saturated heterocycles. The molecule has 2 aromatic carbocycles. The summed E-state index contributed by atoms with van der Waals surface area (Å²) < 4.78 is 0. The van der Waals surface area contributed by atoms with Crippen LogP contribution in [0.3, 0.4) is 0 Å². The molecule has 0 spiro atoms. The van der Waals surface area contributed by atoms with Gasteiger partial charge in [-0.05, 0) is 58.1 Å². The van der Waals surface area contributed by atoms with Crippen molar-refractivity contribution in [2.75, 3.05) is 0 Å². The van der Waals surface area contributed by atoms with Crippen LogP contribution in [-0.2, 0) is 0 Å². The van der Waals surface area contributed by atoms with Gasteiger partial charge in [0.2, 0.25) is 0 Å². The molecule has 0 unspecified atom stereocenters. The van der Waals surface area contributed by atoms with Crippen LogP contribution < -0.4 is 0 Å². The van der Waals surface area contributed by atoms with Gasteiger partial charge in [0.1, 0.15) is 0 Å². The molecular formula is C24H34N2. The van der Waals surface area contributed by atoms with Crippen LogP contribution in [0.15, 0.2) is 46.6 Å². The van der Waals surface area contributed by atoms with Crippen molar-refractivity contribution >= 4 is 11.4 Å². The topological polar surface area (TPSA) is 24.7 Å². The normalized spacial score (nSPS) is 12.3. The zero-order valence-corrected chi connectivity index (χ0v) is 17.7. The Morgan fingerprint density at radius 2 is 0.846 bits per heavy atom. The van der Waals surface area contributed by atoms with Gasteiger partial charge in [0.05, 0.1) is 11.4 Å². The number of azo groups is 1. The molecule has 0 aliphatic rings. The van der Waals surface area contributed by atoms with Gasteiger partial charge < -0.3 is 0 Å². The SMILES string of the molecule is CC(C)c1ccc(N=Nc2ccc(C(C)C)cc2C(C)C)c(C(C)C)c1. The largest absolute Gasteiger partial charge is 0.150 e. The summed E-state index contributed by atoms with van der Waals surface area (Å²) in [5.74, 6) is 1.90. The Balaban J connectivity index is 2.44. The molecule has 2 aromatic rings. The minimum Gasteiger partial charge on any atom is -0.150 e. The lowest BCUT2D eigenvalue weighted by Crippen LogP contribution is -1.94. The molecular weight excluding hydrogens is 316 g/mol. The van der Waals surface area contributed by atoms with Crippen molar-refractivity contribution in [3.05, 3.63) is 58.7 Å². The Morgan fingerprint density at radius 1 is 0.500 bits per heavy atom. The highest BCUT2D eigenvalue weighted by Gasteiger charge is 2.12. The molecule has 0 heterocycles. The molecule has 0 bridgehead atoms. The summed E-state index contributed by atoms with van der Waals surface area (Å²) >= 11 is 0. The Kier molecular flexibility index (Phi) is 6.75. The van der Waals surface area contributed by atoms with Crippen LogP contribution in [0.1, 0.15) is 101 Å². The monoisotopic (exact) mass is 350 g/mol. The lowest BCUT2D eigenvalue weighted by Gasteiger charge is -2.15. The predicted molar refractivity (Wildman–Crippen MR) is 113 cm³/mol. The summed E-state index contributed by atoms with van der Waals surface area (Å²) in [5.41, 5.74) is 7.21. The highest BCUT2D eigenvalue weighted by molar-refractivity contribution is 5.53. The number of hydrogen-bond donors (Lipinski definition) is 0. The highest BCUT2D eigenvalue weighted by Crippen LogP contribution is 2.34. The van der Waals surface area contributed by atoms with Gasteiger partial charge in [-0.1, -0.05) is 79.7 Å². The highest BCUT2D eigenvalue weighted by atomic mass is 15.1. The molecule has 26 heavy (non-hydrogen) atoms. The van der Waals surface area contributed by atoms with E-state index in [0.29, 0.717) is 23.7 Å². The van der Waals surface area contributed by atoms with E-state index in [-0.39, 0.29) is 0 Å². The van der Waals surface area contributed by atoms with Gasteiger partial charge in [0, 0.05) is 0 Å². The Labute approximate surface area is 159 Å². The van der Waals surface area contributed by atoms with E-state index < -0.39 is 0 Å². The Bertz CT molecular complexity index is 702. The Hall–Kier alpha value is -1.96. The van der Waals surface area contributed by atoms with Crippen molar-refractivity contribution in [3.63, 3.8) is 0 Å². The van der Waals surface area contributed by atoms with E-state index in [1.54, 1.807) is 0 Å². The summed E-state index contributed by atoms with van der Waals surface area (Å²) in [6, 6.07) is 13.2. The molecule has 0 saturated carbocycles. The van der Waals surface area contributed by atoms with Crippen LogP contribution in [-0.4, -0.2) is 0 Å². The van der Waals surface area contributed by atoms with Crippen LogP contribution in [0.4, 0.5) is 11.4 Å². The molecule has 0 aromatic heterocycles. The third-order valence-corrected chi connectivity index (χ3v) is 4.95. The van der Waals surface area contributed by atoms with Gasteiger partial charge in [-0.3, -0.25) is 0 Å². The first kappa shape index (κ1) is 20.4. The van der Waals surface area contributed by atoms with E-state index in [9.17, 15) is 0 Å². The first-order valence-corrected chi connectivity index (χ1v) is 9.90. The van der Waals surface area contributed by atoms with E-state index >= 15 is 0 Å². The van der Waals surface area contributed by atoms with Crippen LogP contribution in [0.5, 0.6) is 0 Å². The average Bonchev–Trinajstić information content (AvgIpc) is 2.59. The molecule has 2 heteroatoms. The average molecular weight is 351 g/mol. The van der Waals surface area contributed by atoms with E-state index in [2.05, 4.69) is 102 Å². The first-order valence-electron chi connectivity index (χ1n) is 9.90. The molecule has 140 valence electrons. The first-order chi connectivity index (χ1) is 12.2. The van der Waals surface area contributed by atoms with Crippen LogP contribution >= 0.6 is 0 Å². The number of benzene rings is 2. The second kappa shape index (κ2) is 8.62. The van der Waals surface area contributed by atoms with Crippen LogP contribution in [0.2, 0.25) is 0 Å². The summed E-state index contributed by atoms with van der Waals surface area (Å²) in [4.78, 5) is 0. The molecule has 0 radical (unpaired) electrons. The number of rotatable bonds is 6. The van der Waals surface area contributed by atoms with E-state index in [1.807, 2.05) is 0 Å². The van der Waals surface area contributed by atoms with Crippen LogP contribution in [0.25, 0.3) is 0 Å². The molecule has 0 aliphatic carbocycles. The van der Waals surface area contributed by atoms with Crippen molar-refractivity contribution < 1.29 is 0 Å². The Morgan fingerprint density at radius 3 is 1.12 bits per heavy atom. The molecule has 0 fully saturated rings. The van der Waals surface area contributed by atoms with Crippen molar-refractivity contribution in [2.24, 2.45) is 10.2 Å². The van der Waals surface area contributed by atoms with Gasteiger partial charge in [0.15, 0.2) is 0 Å². The van der Waals surface area contributed by atoms with Crippen molar-refractivity contribution in [2.45, 2.75) is 79.1 Å². The van der Waals surface area contributed by atoms with Gasteiger partial charge in [-0.2, -0.15) is 10.2 Å². The lowest BCUT2D eigenvalue weighted by atomic mass is 9.94. The third kappa shape index (κ3) is 4.81. The zero-order chi connectivity index (χ0) is 19.4. The van der Waals surface area contributed by atoms with Crippen molar-refractivity contribution in [1.82, 2.24) is 0 Å². The maximum Gasteiger partial charge on any atom is 0.0891 e. The quantitative estimate of drug-likeness (QED) is 0.466. The standard InChI is InChI=1S/C24H34N2/c1-15(2)19-9-11-23(21(13-19)17(5)6)25-26-24-12-10-20(16(3)4)14-22(24)18(7)8/h9-18H,1-8H3. The molecule has 0 N–H and O–H groups in total. The smallest absolute Gasteiger partial charge is 0.0891 e. The summed E-state index contributed by atoms with van der Waals surface area (Å²) in [5, 5.41) is 9.28. The van der Waals surface area contributed by atoms with Crippen molar-refractivity contribution in [1.29, 1.82) is 0 Å². The fourth-order valence-electron chi connectivity index (χ4n) is 3.08.